The van der Waals surface area contributed by atoms with Crippen LogP contribution in [0.3, 0.4) is 0 Å². The monoisotopic (exact) mass is 446 g/mol. The number of ether oxygens (including phenoxy) is 2. The van der Waals surface area contributed by atoms with Crippen LogP contribution in [-0.2, 0) is 0 Å². The number of amides is 1. The number of hydrogen-bond donors (Lipinski definition) is 0. The van der Waals surface area contributed by atoms with Crippen LogP contribution in [0.2, 0.25) is 0 Å². The second kappa shape index (κ2) is 8.58. The van der Waals surface area contributed by atoms with Crippen molar-refractivity contribution >= 4 is 17.0 Å². The van der Waals surface area contributed by atoms with E-state index in [2.05, 4.69) is 4.98 Å². The summed E-state index contributed by atoms with van der Waals surface area (Å²) < 4.78 is 30.9. The fourth-order valence-corrected chi connectivity index (χ4v) is 4.31. The molecule has 1 aliphatic rings. The fraction of sp³-hybridized carbons (Fsp3) is 0.231. The zero-order chi connectivity index (χ0) is 22.9. The summed E-state index contributed by atoms with van der Waals surface area (Å²) in [6.45, 7) is 0.599. The smallest absolute Gasteiger partial charge is 0.254 e. The van der Waals surface area contributed by atoms with Crippen molar-refractivity contribution in [1.82, 2.24) is 9.88 Å². The van der Waals surface area contributed by atoms with Crippen molar-refractivity contribution in [3.8, 4) is 22.6 Å². The van der Waals surface area contributed by atoms with Crippen molar-refractivity contribution < 1.29 is 23.1 Å². The normalized spacial score (nSPS) is 15.7. The van der Waals surface area contributed by atoms with Gasteiger partial charge in [0.1, 0.15) is 28.9 Å². The molecule has 0 spiro atoms. The molecule has 7 heteroatoms. The number of aromatic nitrogens is 1. The van der Waals surface area contributed by atoms with E-state index in [1.54, 1.807) is 61.6 Å². The predicted octanol–water partition coefficient (Wildman–Crippen LogP) is 5.63. The van der Waals surface area contributed by atoms with Crippen molar-refractivity contribution in [1.29, 1.82) is 0 Å². The molecule has 4 aromatic rings. The number of carbonyl (C=O) groups excluding carboxylic acids is 1. The zero-order valence-corrected chi connectivity index (χ0v) is 18.4. The third-order valence-electron chi connectivity index (χ3n) is 5.99. The fourth-order valence-electron chi connectivity index (χ4n) is 4.31. The molecule has 5 rings (SSSR count). The maximum atomic E-state index is 14.2. The highest BCUT2D eigenvalue weighted by atomic mass is 19.1. The van der Waals surface area contributed by atoms with Gasteiger partial charge in [-0.25, -0.2) is 9.37 Å². The van der Waals surface area contributed by atoms with Gasteiger partial charge in [0.05, 0.1) is 14.2 Å². The first-order chi connectivity index (χ1) is 16.1. The topological polar surface area (TPSA) is 64.8 Å². The summed E-state index contributed by atoms with van der Waals surface area (Å²) in [4.78, 5) is 19.8. The number of oxazole rings is 1. The van der Waals surface area contributed by atoms with E-state index in [1.165, 1.54) is 6.07 Å². The number of fused-ring (bicyclic) bond motifs is 1. The lowest BCUT2D eigenvalue weighted by Crippen LogP contribution is -2.30. The van der Waals surface area contributed by atoms with Gasteiger partial charge in [-0.05, 0) is 48.7 Å². The number of hydrogen-bond acceptors (Lipinski definition) is 5. The summed E-state index contributed by atoms with van der Waals surface area (Å²) in [5, 5.41) is 0. The number of halogens is 1. The van der Waals surface area contributed by atoms with Crippen LogP contribution in [-0.4, -0.2) is 36.6 Å². The van der Waals surface area contributed by atoms with E-state index < -0.39 is 0 Å². The Morgan fingerprint density at radius 1 is 1.06 bits per heavy atom. The third-order valence-corrected chi connectivity index (χ3v) is 5.99. The largest absolute Gasteiger partial charge is 0.497 e. The Bertz CT molecular complexity index is 1310. The van der Waals surface area contributed by atoms with Crippen molar-refractivity contribution in [2.45, 2.75) is 18.9 Å². The Morgan fingerprint density at radius 2 is 1.82 bits per heavy atom. The van der Waals surface area contributed by atoms with Gasteiger partial charge in [-0.1, -0.05) is 24.3 Å². The van der Waals surface area contributed by atoms with Crippen LogP contribution in [0.4, 0.5) is 4.39 Å². The van der Waals surface area contributed by atoms with Gasteiger partial charge in [0.2, 0.25) is 5.89 Å². The molecule has 0 unspecified atom stereocenters. The summed E-state index contributed by atoms with van der Waals surface area (Å²) in [6, 6.07) is 16.9. The minimum Gasteiger partial charge on any atom is -0.497 e. The second-order valence-corrected chi connectivity index (χ2v) is 7.97. The molecule has 1 atom stereocenters. The summed E-state index contributed by atoms with van der Waals surface area (Å²) >= 11 is 0. The van der Waals surface area contributed by atoms with Crippen LogP contribution in [0.15, 0.2) is 65.1 Å². The third kappa shape index (κ3) is 3.91. The van der Waals surface area contributed by atoms with Crippen LogP contribution in [0.1, 0.15) is 35.1 Å². The van der Waals surface area contributed by atoms with Crippen LogP contribution < -0.4 is 9.47 Å². The van der Waals surface area contributed by atoms with Gasteiger partial charge in [-0.2, -0.15) is 0 Å². The van der Waals surface area contributed by atoms with Crippen molar-refractivity contribution in [3.05, 3.63) is 77.9 Å². The Balaban J connectivity index is 1.47. The van der Waals surface area contributed by atoms with E-state index in [0.29, 0.717) is 46.2 Å². The SMILES string of the molecule is COc1cc(OC)cc(C(=O)N2CCC[C@@H]2c2nc3cc(-c4ccccc4F)ccc3o2)c1. The van der Waals surface area contributed by atoms with E-state index in [0.717, 1.165) is 18.4 Å². The maximum Gasteiger partial charge on any atom is 0.254 e. The highest BCUT2D eigenvalue weighted by molar-refractivity contribution is 5.95. The van der Waals surface area contributed by atoms with Crippen LogP contribution in [0, 0.1) is 5.82 Å². The summed E-state index contributed by atoms with van der Waals surface area (Å²) in [5.41, 5.74) is 2.95. The van der Waals surface area contributed by atoms with Gasteiger partial charge in [0.15, 0.2) is 5.58 Å². The number of carbonyl (C=O) groups is 1. The number of likely N-dealkylation sites (tertiary alicyclic amines) is 1. The summed E-state index contributed by atoms with van der Waals surface area (Å²) in [5.74, 6) is 1.16. The molecule has 1 aromatic heterocycles. The zero-order valence-electron chi connectivity index (χ0n) is 18.4. The predicted molar refractivity (Wildman–Crippen MR) is 122 cm³/mol. The molecule has 0 N–H and O–H groups in total. The quantitative estimate of drug-likeness (QED) is 0.398. The Morgan fingerprint density at radius 3 is 2.55 bits per heavy atom. The second-order valence-electron chi connectivity index (χ2n) is 7.97. The van der Waals surface area contributed by atoms with Gasteiger partial charge in [-0.3, -0.25) is 4.79 Å². The molecule has 0 aliphatic carbocycles. The summed E-state index contributed by atoms with van der Waals surface area (Å²) in [7, 11) is 3.10. The Labute approximate surface area is 190 Å². The molecule has 1 saturated heterocycles. The van der Waals surface area contributed by atoms with Crippen LogP contribution >= 0.6 is 0 Å². The molecule has 33 heavy (non-hydrogen) atoms. The van der Waals surface area contributed by atoms with Crippen molar-refractivity contribution in [3.63, 3.8) is 0 Å². The first-order valence-corrected chi connectivity index (χ1v) is 10.8. The van der Waals surface area contributed by atoms with E-state index in [-0.39, 0.29) is 17.8 Å². The Hall–Kier alpha value is -3.87. The average molecular weight is 446 g/mol. The number of benzene rings is 3. The molecular formula is C26H23FN2O4. The molecule has 168 valence electrons. The van der Waals surface area contributed by atoms with Gasteiger partial charge in [0.25, 0.3) is 5.91 Å². The van der Waals surface area contributed by atoms with Gasteiger partial charge < -0.3 is 18.8 Å². The average Bonchev–Trinajstić information content (AvgIpc) is 3.50. The molecule has 3 aromatic carbocycles. The van der Waals surface area contributed by atoms with E-state index in [9.17, 15) is 9.18 Å². The lowest BCUT2D eigenvalue weighted by molar-refractivity contribution is 0.0716. The lowest BCUT2D eigenvalue weighted by Gasteiger charge is -2.22. The molecular weight excluding hydrogens is 423 g/mol. The van der Waals surface area contributed by atoms with E-state index in [4.69, 9.17) is 13.9 Å². The van der Waals surface area contributed by atoms with Crippen LogP contribution in [0.5, 0.6) is 11.5 Å². The highest BCUT2D eigenvalue weighted by Gasteiger charge is 2.34. The highest BCUT2D eigenvalue weighted by Crippen LogP contribution is 2.36. The van der Waals surface area contributed by atoms with Crippen molar-refractivity contribution in [2.24, 2.45) is 0 Å². The lowest BCUT2D eigenvalue weighted by atomic mass is 10.0. The molecule has 1 aliphatic heterocycles. The first kappa shape index (κ1) is 21.0. The number of rotatable bonds is 5. The molecule has 0 saturated carbocycles. The van der Waals surface area contributed by atoms with Crippen molar-refractivity contribution in [2.75, 3.05) is 20.8 Å². The number of methoxy groups -OCH3 is 2. The molecule has 6 nitrogen and oxygen atoms in total. The molecule has 2 heterocycles. The van der Waals surface area contributed by atoms with Crippen LogP contribution in [0.25, 0.3) is 22.2 Å². The minimum atomic E-state index is -0.290. The van der Waals surface area contributed by atoms with Gasteiger partial charge >= 0.3 is 0 Å². The van der Waals surface area contributed by atoms with E-state index in [1.807, 2.05) is 12.1 Å². The van der Waals surface area contributed by atoms with Gasteiger partial charge in [0, 0.05) is 23.7 Å². The summed E-state index contributed by atoms with van der Waals surface area (Å²) in [6.07, 6.45) is 1.59. The van der Waals surface area contributed by atoms with E-state index >= 15 is 0 Å². The first-order valence-electron chi connectivity index (χ1n) is 10.8. The molecule has 0 bridgehead atoms. The standard InChI is InChI=1S/C26H23FN2O4/c1-31-18-12-17(13-19(15-18)32-2)26(30)29-11-5-8-23(29)25-28-22-14-16(9-10-24(22)33-25)20-6-3-4-7-21(20)27/h3-4,6-7,9-10,12-15,23H,5,8,11H2,1-2H3/t23-/m1/s1. The number of nitrogens with zero attached hydrogens (tertiary/aromatic N) is 2. The molecule has 0 radical (unpaired) electrons. The molecule has 1 fully saturated rings. The van der Waals surface area contributed by atoms with Gasteiger partial charge in [-0.15, -0.1) is 0 Å². The maximum absolute atomic E-state index is 14.2. The minimum absolute atomic E-state index is 0.135. The Kier molecular flexibility index (Phi) is 5.46. The molecule has 1 amide bonds.